The van der Waals surface area contributed by atoms with Gasteiger partial charge < -0.3 is 19.5 Å². The van der Waals surface area contributed by atoms with Gasteiger partial charge in [-0.2, -0.15) is 0 Å². The van der Waals surface area contributed by atoms with Gasteiger partial charge in [0, 0.05) is 20.3 Å². The van der Waals surface area contributed by atoms with Crippen molar-refractivity contribution in [2.45, 2.75) is 38.6 Å². The predicted octanol–water partition coefficient (Wildman–Crippen LogP) is 4.59. The number of benzene rings is 2. The van der Waals surface area contributed by atoms with E-state index in [0.29, 0.717) is 18.6 Å². The lowest BCUT2D eigenvalue weighted by Crippen LogP contribution is -2.31. The molecule has 7 heteroatoms. The summed E-state index contributed by atoms with van der Waals surface area (Å²) in [5.74, 6) is -2.41. The number of carbonyl (C=O) groups is 2. The van der Waals surface area contributed by atoms with E-state index in [1.165, 1.54) is 24.1 Å². The molecule has 0 bridgehead atoms. The zero-order valence-electron chi connectivity index (χ0n) is 19.6. The zero-order chi connectivity index (χ0) is 24.3. The predicted molar refractivity (Wildman–Crippen MR) is 124 cm³/mol. The fourth-order valence-electron chi connectivity index (χ4n) is 4.01. The molecule has 1 N–H and O–H groups in total. The Morgan fingerprint density at radius 3 is 2.33 bits per heavy atom. The number of rotatable bonds is 7. The van der Waals surface area contributed by atoms with Gasteiger partial charge in [0.2, 0.25) is 0 Å². The molecule has 0 aromatic heterocycles. The molecule has 0 saturated carbocycles. The molecule has 2 aromatic rings. The topological polar surface area (TPSA) is 76.1 Å². The molecular formula is C26H30FNO5. The first kappa shape index (κ1) is 24.5. The first-order valence-electron chi connectivity index (χ1n) is 10.8. The average Bonchev–Trinajstić information content (AvgIpc) is 3.03. The van der Waals surface area contributed by atoms with Crippen molar-refractivity contribution in [1.29, 1.82) is 0 Å². The van der Waals surface area contributed by atoms with E-state index in [0.717, 1.165) is 11.6 Å². The molecule has 1 saturated heterocycles. The number of amides is 1. The lowest BCUT2D eigenvalue weighted by molar-refractivity contribution is -0.140. The molecule has 33 heavy (non-hydrogen) atoms. The van der Waals surface area contributed by atoms with E-state index < -0.39 is 29.3 Å². The molecule has 1 atom stereocenters. The van der Waals surface area contributed by atoms with Crippen LogP contribution in [0.4, 0.5) is 4.39 Å². The van der Waals surface area contributed by atoms with Crippen LogP contribution in [-0.2, 0) is 19.7 Å². The lowest BCUT2D eigenvalue weighted by atomic mass is 9.85. The average molecular weight is 456 g/mol. The monoisotopic (exact) mass is 455 g/mol. The summed E-state index contributed by atoms with van der Waals surface area (Å²) in [5, 5.41) is 11.2. The normalized spacial score (nSPS) is 18.1. The van der Waals surface area contributed by atoms with Crippen molar-refractivity contribution in [3.8, 4) is 5.75 Å². The van der Waals surface area contributed by atoms with E-state index in [-0.39, 0.29) is 28.8 Å². The first-order chi connectivity index (χ1) is 15.6. The number of halogens is 1. The van der Waals surface area contributed by atoms with Crippen molar-refractivity contribution in [3.63, 3.8) is 0 Å². The molecule has 1 amide bonds. The Labute approximate surface area is 193 Å². The van der Waals surface area contributed by atoms with Crippen LogP contribution >= 0.6 is 0 Å². The number of hydrogen-bond donors (Lipinski definition) is 1. The second-order valence-corrected chi connectivity index (χ2v) is 9.06. The highest BCUT2D eigenvalue weighted by atomic mass is 19.1. The molecule has 1 aliphatic rings. The molecule has 2 aromatic carbocycles. The maximum Gasteiger partial charge on any atom is 0.295 e. The van der Waals surface area contributed by atoms with E-state index in [2.05, 4.69) is 20.8 Å². The van der Waals surface area contributed by atoms with Crippen LogP contribution in [0, 0.1) is 5.82 Å². The number of nitrogens with zero attached hydrogens (tertiary/aromatic N) is 1. The number of hydrogen-bond acceptors (Lipinski definition) is 5. The van der Waals surface area contributed by atoms with Gasteiger partial charge in [-0.1, -0.05) is 45.0 Å². The summed E-state index contributed by atoms with van der Waals surface area (Å²) < 4.78 is 24.4. The molecule has 3 rings (SSSR count). The molecular weight excluding hydrogens is 425 g/mol. The number of ether oxygens (including phenoxy) is 2. The number of ketones is 1. The maximum absolute atomic E-state index is 14.0. The van der Waals surface area contributed by atoms with Crippen LogP contribution in [0.3, 0.4) is 0 Å². The summed E-state index contributed by atoms with van der Waals surface area (Å²) in [5.41, 5.74) is 1.62. The summed E-state index contributed by atoms with van der Waals surface area (Å²) in [6.07, 6.45) is 0.517. The van der Waals surface area contributed by atoms with E-state index >= 15 is 0 Å². The quantitative estimate of drug-likeness (QED) is 0.286. The number of aliphatic hydroxyl groups excluding tert-OH is 1. The molecule has 176 valence electrons. The van der Waals surface area contributed by atoms with E-state index in [4.69, 9.17) is 9.47 Å². The summed E-state index contributed by atoms with van der Waals surface area (Å²) in [6, 6.07) is 10.5. The number of carbonyl (C=O) groups excluding carboxylic acids is 2. The Hall–Kier alpha value is -3.19. The van der Waals surface area contributed by atoms with E-state index in [1.54, 1.807) is 7.11 Å². The van der Waals surface area contributed by atoms with E-state index in [9.17, 15) is 19.1 Å². The third-order valence-electron chi connectivity index (χ3n) is 5.80. The molecule has 0 aliphatic carbocycles. The van der Waals surface area contributed by atoms with E-state index in [1.807, 2.05) is 24.3 Å². The smallest absolute Gasteiger partial charge is 0.295 e. The summed E-state index contributed by atoms with van der Waals surface area (Å²) in [6.45, 7) is 6.96. The lowest BCUT2D eigenvalue weighted by Gasteiger charge is -2.26. The largest absolute Gasteiger partial charge is 0.507 e. The van der Waals surface area contributed by atoms with Gasteiger partial charge in [-0.3, -0.25) is 9.59 Å². The van der Waals surface area contributed by atoms with Crippen molar-refractivity contribution < 1.29 is 28.6 Å². The molecule has 1 heterocycles. The van der Waals surface area contributed by atoms with Gasteiger partial charge in [0.15, 0.2) is 0 Å². The number of likely N-dealkylation sites (tertiary alicyclic amines) is 1. The van der Waals surface area contributed by atoms with Gasteiger partial charge in [0.1, 0.15) is 17.3 Å². The Balaban J connectivity index is 2.18. The van der Waals surface area contributed by atoms with Crippen molar-refractivity contribution in [2.75, 3.05) is 27.4 Å². The van der Waals surface area contributed by atoms with Crippen molar-refractivity contribution in [3.05, 3.63) is 70.5 Å². The fraction of sp³-hybridized carbons (Fsp3) is 0.385. The first-order valence-corrected chi connectivity index (χ1v) is 10.8. The van der Waals surface area contributed by atoms with Crippen molar-refractivity contribution in [1.82, 2.24) is 4.90 Å². The van der Waals surface area contributed by atoms with Crippen LogP contribution in [0.1, 0.15) is 49.9 Å². The van der Waals surface area contributed by atoms with Gasteiger partial charge in [0.25, 0.3) is 11.7 Å². The van der Waals surface area contributed by atoms with Crippen LogP contribution in [0.25, 0.3) is 5.76 Å². The SMILES string of the molecule is COCCCN1C(=O)C(=O)/C(=C(/O)c2cc(F)ccc2OC)C1c1ccc(C(C)(C)C)cc1. The molecule has 1 unspecified atom stereocenters. The van der Waals surface area contributed by atoms with Crippen LogP contribution < -0.4 is 4.74 Å². The van der Waals surface area contributed by atoms with Crippen molar-refractivity contribution in [2.24, 2.45) is 0 Å². The Morgan fingerprint density at radius 1 is 1.09 bits per heavy atom. The minimum Gasteiger partial charge on any atom is -0.507 e. The molecule has 0 spiro atoms. The third-order valence-corrected chi connectivity index (χ3v) is 5.80. The fourth-order valence-corrected chi connectivity index (χ4v) is 4.01. The number of methoxy groups -OCH3 is 2. The Morgan fingerprint density at radius 2 is 1.76 bits per heavy atom. The zero-order valence-corrected chi connectivity index (χ0v) is 19.6. The number of Topliss-reactive ketones (excluding diaryl/α,β-unsaturated/α-hetero) is 1. The Kier molecular flexibility index (Phi) is 7.22. The minimum atomic E-state index is -0.818. The van der Waals surface area contributed by atoms with Crippen molar-refractivity contribution >= 4 is 17.4 Å². The van der Waals surface area contributed by atoms with Crippen LogP contribution in [0.2, 0.25) is 0 Å². The van der Waals surface area contributed by atoms with Gasteiger partial charge in [-0.25, -0.2) is 4.39 Å². The number of aliphatic hydroxyl groups is 1. The van der Waals surface area contributed by atoms with Gasteiger partial charge in [-0.15, -0.1) is 0 Å². The highest BCUT2D eigenvalue weighted by molar-refractivity contribution is 6.46. The highest BCUT2D eigenvalue weighted by Crippen LogP contribution is 2.41. The van der Waals surface area contributed by atoms with Gasteiger partial charge in [0.05, 0.1) is 24.3 Å². The molecule has 1 fully saturated rings. The van der Waals surface area contributed by atoms with Crippen LogP contribution in [0.15, 0.2) is 48.0 Å². The molecule has 6 nitrogen and oxygen atoms in total. The second-order valence-electron chi connectivity index (χ2n) is 9.06. The minimum absolute atomic E-state index is 0.0173. The summed E-state index contributed by atoms with van der Waals surface area (Å²) >= 11 is 0. The van der Waals surface area contributed by atoms with Crippen LogP contribution in [0.5, 0.6) is 5.75 Å². The standard InChI is InChI=1S/C26H30FNO5/c1-26(2,3)17-9-7-16(8-10-17)22-21(24(30)25(31)28(22)13-6-14-32-4)23(29)19-15-18(27)11-12-20(19)33-5/h7-12,15,22,29H,6,13-14H2,1-5H3/b23-21+. The molecule has 0 radical (unpaired) electrons. The summed E-state index contributed by atoms with van der Waals surface area (Å²) in [7, 11) is 2.95. The van der Waals surface area contributed by atoms with Crippen LogP contribution in [-0.4, -0.2) is 49.1 Å². The van der Waals surface area contributed by atoms with Gasteiger partial charge >= 0.3 is 0 Å². The molecule has 1 aliphatic heterocycles. The Bertz CT molecular complexity index is 1070. The third kappa shape index (κ3) is 4.93. The van der Waals surface area contributed by atoms with Gasteiger partial charge in [-0.05, 0) is 41.2 Å². The highest BCUT2D eigenvalue weighted by Gasteiger charge is 2.46. The summed E-state index contributed by atoms with van der Waals surface area (Å²) in [4.78, 5) is 27.5. The second kappa shape index (κ2) is 9.75. The maximum atomic E-state index is 14.0.